The highest BCUT2D eigenvalue weighted by molar-refractivity contribution is 5.67. The Morgan fingerprint density at radius 1 is 1.22 bits per heavy atom. The number of alkyl carbamates (subject to hydrolysis) is 1. The minimum Gasteiger partial charge on any atom is -0.444 e. The summed E-state index contributed by atoms with van der Waals surface area (Å²) in [5, 5.41) is 2.19. The van der Waals surface area contributed by atoms with E-state index in [9.17, 15) is 18.0 Å². The molecule has 18 heavy (non-hydrogen) atoms. The molecule has 1 aromatic rings. The standard InChI is InChI=1S/C12H14F3NO2/c1-12(2,3)18-11(17)16-6-8-9(14)4-7(13)5-10(8)15/h4-5H,6H2,1-3H3,(H,16,17). The van der Waals surface area contributed by atoms with Crippen LogP contribution < -0.4 is 5.32 Å². The highest BCUT2D eigenvalue weighted by Crippen LogP contribution is 2.14. The lowest BCUT2D eigenvalue weighted by Crippen LogP contribution is -2.32. The normalized spacial score (nSPS) is 11.2. The van der Waals surface area contributed by atoms with Crippen LogP contribution in [0.25, 0.3) is 0 Å². The van der Waals surface area contributed by atoms with Gasteiger partial charge in [0.2, 0.25) is 0 Å². The van der Waals surface area contributed by atoms with Gasteiger partial charge < -0.3 is 10.1 Å². The van der Waals surface area contributed by atoms with E-state index < -0.39 is 41.3 Å². The molecule has 0 radical (unpaired) electrons. The first-order valence-electron chi connectivity index (χ1n) is 5.29. The Kier molecular flexibility index (Phi) is 4.21. The molecule has 0 fully saturated rings. The van der Waals surface area contributed by atoms with E-state index in [4.69, 9.17) is 4.74 Å². The average Bonchev–Trinajstić information content (AvgIpc) is 2.12. The van der Waals surface area contributed by atoms with Crippen molar-refractivity contribution >= 4 is 6.09 Å². The van der Waals surface area contributed by atoms with Crippen LogP contribution >= 0.6 is 0 Å². The van der Waals surface area contributed by atoms with E-state index in [0.29, 0.717) is 12.1 Å². The third-order valence-corrected chi connectivity index (χ3v) is 1.91. The molecule has 1 N–H and O–H groups in total. The molecule has 0 aliphatic heterocycles. The Morgan fingerprint density at radius 3 is 2.17 bits per heavy atom. The molecule has 100 valence electrons. The largest absolute Gasteiger partial charge is 0.444 e. The first-order chi connectivity index (χ1) is 8.19. The lowest BCUT2D eigenvalue weighted by molar-refractivity contribution is 0.0522. The number of amides is 1. The molecule has 0 saturated heterocycles. The van der Waals surface area contributed by atoms with Crippen LogP contribution in [-0.4, -0.2) is 11.7 Å². The highest BCUT2D eigenvalue weighted by Gasteiger charge is 2.17. The van der Waals surface area contributed by atoms with E-state index >= 15 is 0 Å². The van der Waals surface area contributed by atoms with Crippen molar-refractivity contribution in [3.8, 4) is 0 Å². The maximum absolute atomic E-state index is 13.2. The maximum atomic E-state index is 13.2. The van der Waals surface area contributed by atoms with Gasteiger partial charge in [-0.25, -0.2) is 18.0 Å². The molecule has 6 heteroatoms. The molecule has 0 aromatic heterocycles. The summed E-state index contributed by atoms with van der Waals surface area (Å²) in [6, 6.07) is 1.10. The van der Waals surface area contributed by atoms with Crippen LogP contribution in [-0.2, 0) is 11.3 Å². The number of carbonyl (C=O) groups is 1. The molecule has 1 rings (SSSR count). The summed E-state index contributed by atoms with van der Waals surface area (Å²) < 4.78 is 44.0. The number of rotatable bonds is 2. The molecule has 0 bridgehead atoms. The zero-order valence-corrected chi connectivity index (χ0v) is 10.3. The van der Waals surface area contributed by atoms with Gasteiger partial charge in [-0.05, 0) is 20.8 Å². The molecule has 0 aliphatic rings. The minimum atomic E-state index is -1.05. The quantitative estimate of drug-likeness (QED) is 0.888. The van der Waals surface area contributed by atoms with Gasteiger partial charge in [0, 0.05) is 17.7 Å². The fourth-order valence-corrected chi connectivity index (χ4v) is 1.22. The first-order valence-corrected chi connectivity index (χ1v) is 5.29. The zero-order chi connectivity index (χ0) is 13.9. The van der Waals surface area contributed by atoms with Gasteiger partial charge in [0.15, 0.2) is 0 Å². The van der Waals surface area contributed by atoms with Gasteiger partial charge in [-0.2, -0.15) is 0 Å². The Morgan fingerprint density at radius 2 is 1.72 bits per heavy atom. The van der Waals surface area contributed by atoms with Gasteiger partial charge in [-0.3, -0.25) is 0 Å². The number of hydrogen-bond donors (Lipinski definition) is 1. The van der Waals surface area contributed by atoms with Crippen molar-refractivity contribution in [1.82, 2.24) is 5.32 Å². The molecule has 1 amide bonds. The van der Waals surface area contributed by atoms with Crippen LogP contribution in [0.2, 0.25) is 0 Å². The fourth-order valence-electron chi connectivity index (χ4n) is 1.22. The molecule has 0 saturated carbocycles. The predicted molar refractivity (Wildman–Crippen MR) is 59.4 cm³/mol. The second-order valence-electron chi connectivity index (χ2n) is 4.70. The second kappa shape index (κ2) is 5.29. The number of nitrogens with one attached hydrogen (secondary N) is 1. The van der Waals surface area contributed by atoms with Crippen molar-refractivity contribution in [2.24, 2.45) is 0 Å². The van der Waals surface area contributed by atoms with Gasteiger partial charge in [0.05, 0.1) is 6.54 Å². The Hall–Kier alpha value is -1.72. The summed E-state index contributed by atoms with van der Waals surface area (Å²) >= 11 is 0. The van der Waals surface area contributed by atoms with E-state index in [0.717, 1.165) is 0 Å². The summed E-state index contributed by atoms with van der Waals surface area (Å²) in [5.74, 6) is -3.11. The maximum Gasteiger partial charge on any atom is 0.407 e. The molecule has 0 spiro atoms. The van der Waals surface area contributed by atoms with Crippen molar-refractivity contribution in [1.29, 1.82) is 0 Å². The number of hydrogen-bond acceptors (Lipinski definition) is 2. The van der Waals surface area contributed by atoms with Crippen LogP contribution in [0.4, 0.5) is 18.0 Å². The van der Waals surface area contributed by atoms with Gasteiger partial charge in [-0.15, -0.1) is 0 Å². The second-order valence-corrected chi connectivity index (χ2v) is 4.70. The van der Waals surface area contributed by atoms with Gasteiger partial charge >= 0.3 is 6.09 Å². The van der Waals surface area contributed by atoms with Crippen LogP contribution in [0, 0.1) is 17.5 Å². The van der Waals surface area contributed by atoms with E-state index in [1.807, 2.05) is 0 Å². The molecule has 0 aliphatic carbocycles. The van der Waals surface area contributed by atoms with Crippen LogP contribution in [0.1, 0.15) is 26.3 Å². The first kappa shape index (κ1) is 14.3. The van der Waals surface area contributed by atoms with Crippen LogP contribution in [0.3, 0.4) is 0 Å². The van der Waals surface area contributed by atoms with Crippen molar-refractivity contribution in [2.75, 3.05) is 0 Å². The molecule has 1 aromatic carbocycles. The summed E-state index contributed by atoms with van der Waals surface area (Å²) in [4.78, 5) is 11.3. The molecule has 3 nitrogen and oxygen atoms in total. The summed E-state index contributed by atoms with van der Waals surface area (Å²) in [7, 11) is 0. The Labute approximate surface area is 103 Å². The van der Waals surface area contributed by atoms with Crippen molar-refractivity contribution in [2.45, 2.75) is 32.9 Å². The SMILES string of the molecule is CC(C)(C)OC(=O)NCc1c(F)cc(F)cc1F. The highest BCUT2D eigenvalue weighted by atomic mass is 19.1. The van der Waals surface area contributed by atoms with E-state index in [-0.39, 0.29) is 0 Å². The van der Waals surface area contributed by atoms with Gasteiger partial charge in [-0.1, -0.05) is 0 Å². The Balaban J connectivity index is 2.67. The lowest BCUT2D eigenvalue weighted by atomic mass is 10.2. The van der Waals surface area contributed by atoms with Crippen LogP contribution in [0.5, 0.6) is 0 Å². The third kappa shape index (κ3) is 4.27. The average molecular weight is 261 g/mol. The lowest BCUT2D eigenvalue weighted by Gasteiger charge is -2.19. The minimum absolute atomic E-state index is 0.410. The van der Waals surface area contributed by atoms with Gasteiger partial charge in [0.25, 0.3) is 0 Å². The summed E-state index contributed by atoms with van der Waals surface area (Å²) in [6.07, 6.45) is -0.800. The number of halogens is 3. The monoisotopic (exact) mass is 261 g/mol. The smallest absolute Gasteiger partial charge is 0.407 e. The number of carbonyl (C=O) groups excluding carboxylic acids is 1. The molecule has 0 heterocycles. The molecular weight excluding hydrogens is 247 g/mol. The third-order valence-electron chi connectivity index (χ3n) is 1.91. The molecule has 0 unspecified atom stereocenters. The topological polar surface area (TPSA) is 38.3 Å². The molecule has 0 atom stereocenters. The Bertz CT molecular complexity index is 432. The van der Waals surface area contributed by atoms with E-state index in [1.165, 1.54) is 0 Å². The van der Waals surface area contributed by atoms with Gasteiger partial charge in [0.1, 0.15) is 23.1 Å². The zero-order valence-electron chi connectivity index (χ0n) is 10.3. The van der Waals surface area contributed by atoms with Crippen molar-refractivity contribution in [3.05, 3.63) is 35.1 Å². The van der Waals surface area contributed by atoms with Crippen LogP contribution in [0.15, 0.2) is 12.1 Å². The fraction of sp³-hybridized carbons (Fsp3) is 0.417. The number of benzene rings is 1. The van der Waals surface area contributed by atoms with E-state index in [1.54, 1.807) is 20.8 Å². The van der Waals surface area contributed by atoms with Crippen molar-refractivity contribution < 1.29 is 22.7 Å². The molecular formula is C12H14F3NO2. The van der Waals surface area contributed by atoms with Crippen molar-refractivity contribution in [3.63, 3.8) is 0 Å². The van der Waals surface area contributed by atoms with E-state index in [2.05, 4.69) is 5.32 Å². The predicted octanol–water partition coefficient (Wildman–Crippen LogP) is 3.13. The summed E-state index contributed by atoms with van der Waals surface area (Å²) in [6.45, 7) is 4.57. The summed E-state index contributed by atoms with van der Waals surface area (Å²) in [5.41, 5.74) is -1.12. The number of ether oxygens (including phenoxy) is 1.